The largest absolute Gasteiger partial charge is 0.197 e. The molecule has 2 aliphatic rings. The Morgan fingerprint density at radius 2 is 1.50 bits per heavy atom. The second-order valence-electron chi connectivity index (χ2n) is 11.5. The van der Waals surface area contributed by atoms with Crippen molar-refractivity contribution in [3.63, 3.8) is 0 Å². The summed E-state index contributed by atoms with van der Waals surface area (Å²) in [6.07, 6.45) is 12.6. The third-order valence-corrected chi connectivity index (χ3v) is 14.7. The molecule has 30 heavy (non-hydrogen) atoms. The minimum absolute atomic E-state index is 0.148. The van der Waals surface area contributed by atoms with Crippen LogP contribution in [0.15, 0.2) is 23.8 Å². The van der Waals surface area contributed by atoms with Crippen LogP contribution in [0.1, 0.15) is 99.8 Å². The predicted molar refractivity (Wildman–Crippen MR) is 135 cm³/mol. The fourth-order valence-corrected chi connectivity index (χ4v) is 14.4. The highest BCUT2D eigenvalue weighted by atomic mass is 28.3. The van der Waals surface area contributed by atoms with Gasteiger partial charge in [-0.15, -0.1) is 6.58 Å². The molecular formula is C28H49NSi. The lowest BCUT2D eigenvalue weighted by Crippen LogP contribution is -2.45. The van der Waals surface area contributed by atoms with Gasteiger partial charge in [-0.25, -0.2) is 0 Å². The number of hydrogen-bond acceptors (Lipinski definition) is 1. The summed E-state index contributed by atoms with van der Waals surface area (Å²) in [5.74, 6) is 1.00. The molecule has 4 atom stereocenters. The van der Waals surface area contributed by atoms with Crippen LogP contribution >= 0.6 is 0 Å². The van der Waals surface area contributed by atoms with Gasteiger partial charge in [0.15, 0.2) is 0 Å². The van der Waals surface area contributed by atoms with Gasteiger partial charge in [-0.2, -0.15) is 5.26 Å². The Kier molecular flexibility index (Phi) is 8.65. The van der Waals surface area contributed by atoms with Gasteiger partial charge in [0.2, 0.25) is 0 Å². The Morgan fingerprint density at radius 1 is 1.00 bits per heavy atom. The van der Waals surface area contributed by atoms with E-state index in [1.807, 2.05) is 0 Å². The SMILES string of the molecule is C=C[C@H]1C2=C([C@@H]([Si](CCCC)(CCCC)CCCC)C[C@H]1C)C(C)(C)CC2(C)C#N. The molecule has 0 aromatic heterocycles. The van der Waals surface area contributed by atoms with Gasteiger partial charge >= 0.3 is 0 Å². The molecule has 0 N–H and O–H groups in total. The van der Waals surface area contributed by atoms with Crippen LogP contribution in [-0.4, -0.2) is 8.07 Å². The monoisotopic (exact) mass is 427 g/mol. The van der Waals surface area contributed by atoms with Crippen molar-refractivity contribution in [2.45, 2.75) is 124 Å². The van der Waals surface area contributed by atoms with Gasteiger partial charge in [0, 0.05) is 5.92 Å². The summed E-state index contributed by atoms with van der Waals surface area (Å²) in [5.41, 5.74) is 3.85. The highest BCUT2D eigenvalue weighted by Crippen LogP contribution is 2.66. The first-order chi connectivity index (χ1) is 14.2. The van der Waals surface area contributed by atoms with Crippen LogP contribution in [0.25, 0.3) is 0 Å². The van der Waals surface area contributed by atoms with E-state index in [2.05, 4.69) is 67.2 Å². The number of nitrogens with zero attached hydrogens (tertiary/aromatic N) is 1. The zero-order valence-electron chi connectivity index (χ0n) is 21.2. The lowest BCUT2D eigenvalue weighted by Gasteiger charge is -2.49. The van der Waals surface area contributed by atoms with Gasteiger partial charge in [0.1, 0.15) is 0 Å². The summed E-state index contributed by atoms with van der Waals surface area (Å²) >= 11 is 0. The van der Waals surface area contributed by atoms with Crippen LogP contribution < -0.4 is 0 Å². The van der Waals surface area contributed by atoms with E-state index in [1.165, 1.54) is 68.7 Å². The van der Waals surface area contributed by atoms with Crippen molar-refractivity contribution in [1.29, 1.82) is 5.26 Å². The number of hydrogen-bond donors (Lipinski definition) is 0. The normalized spacial score (nSPS) is 30.8. The van der Waals surface area contributed by atoms with Crippen LogP contribution in [0.2, 0.25) is 23.7 Å². The van der Waals surface area contributed by atoms with Crippen LogP contribution in [0.3, 0.4) is 0 Å². The Bertz CT molecular complexity index is 645. The molecule has 0 aliphatic heterocycles. The Hall–Kier alpha value is -0.813. The highest BCUT2D eigenvalue weighted by molar-refractivity contribution is 6.82. The lowest BCUT2D eigenvalue weighted by atomic mass is 9.69. The van der Waals surface area contributed by atoms with Gasteiger partial charge in [-0.3, -0.25) is 0 Å². The Balaban J connectivity index is 2.72. The second kappa shape index (κ2) is 10.2. The molecule has 1 nitrogen and oxygen atoms in total. The molecule has 170 valence electrons. The van der Waals surface area contributed by atoms with E-state index in [0.717, 1.165) is 12.0 Å². The van der Waals surface area contributed by atoms with Crippen molar-refractivity contribution in [3.05, 3.63) is 23.8 Å². The maximum atomic E-state index is 10.3. The summed E-state index contributed by atoms with van der Waals surface area (Å²) in [5, 5.41) is 10.3. The van der Waals surface area contributed by atoms with Crippen molar-refractivity contribution in [1.82, 2.24) is 0 Å². The first-order valence-electron chi connectivity index (χ1n) is 12.9. The number of rotatable bonds is 11. The summed E-state index contributed by atoms with van der Waals surface area (Å²) in [6, 6.07) is 7.28. The molecule has 0 saturated carbocycles. The van der Waals surface area contributed by atoms with Gasteiger partial charge in [0.05, 0.1) is 19.6 Å². The standard InChI is InChI=1S/C28H49NSi/c1-9-13-16-30(17-14-10-2,18-15-11-3)24-19-22(5)23(12-4)25-26(24)27(6,7)20-28(25,8)21-29/h12,22-24H,4,9-11,13-20H2,1-3,5-8H3/t22-,23-,24+,28?/m1/s1. The van der Waals surface area contributed by atoms with E-state index in [1.54, 1.807) is 5.57 Å². The minimum Gasteiger partial charge on any atom is -0.197 e. The molecule has 2 rings (SSSR count). The molecule has 2 heteroatoms. The highest BCUT2D eigenvalue weighted by Gasteiger charge is 2.57. The van der Waals surface area contributed by atoms with Crippen molar-refractivity contribution >= 4 is 8.07 Å². The maximum Gasteiger partial charge on any atom is 0.0771 e. The van der Waals surface area contributed by atoms with Crippen LogP contribution in [0.4, 0.5) is 0 Å². The number of allylic oxidation sites excluding steroid dienone is 3. The molecule has 0 bridgehead atoms. The van der Waals surface area contributed by atoms with E-state index in [-0.39, 0.29) is 10.8 Å². The Labute approximate surface area is 189 Å². The van der Waals surface area contributed by atoms with Gasteiger partial charge < -0.3 is 0 Å². The Morgan fingerprint density at radius 3 is 1.90 bits per heavy atom. The smallest absolute Gasteiger partial charge is 0.0771 e. The number of unbranched alkanes of at least 4 members (excludes halogenated alkanes) is 3. The quantitative estimate of drug-likeness (QED) is 0.238. The summed E-state index contributed by atoms with van der Waals surface area (Å²) in [7, 11) is -1.49. The van der Waals surface area contributed by atoms with E-state index >= 15 is 0 Å². The molecule has 0 heterocycles. The zero-order chi connectivity index (χ0) is 22.6. The van der Waals surface area contributed by atoms with E-state index in [4.69, 9.17) is 0 Å². The molecule has 0 spiro atoms. The van der Waals surface area contributed by atoms with Crippen molar-refractivity contribution in [2.24, 2.45) is 22.7 Å². The first-order valence-corrected chi connectivity index (χ1v) is 15.6. The van der Waals surface area contributed by atoms with Crippen LogP contribution in [0.5, 0.6) is 0 Å². The fraction of sp³-hybridized carbons (Fsp3) is 0.821. The molecule has 0 aromatic carbocycles. The van der Waals surface area contributed by atoms with E-state index in [9.17, 15) is 5.26 Å². The molecule has 0 saturated heterocycles. The summed E-state index contributed by atoms with van der Waals surface area (Å²) in [4.78, 5) is 0. The average Bonchev–Trinajstić information content (AvgIpc) is 2.93. The zero-order valence-corrected chi connectivity index (χ0v) is 22.2. The lowest BCUT2D eigenvalue weighted by molar-refractivity contribution is 0.344. The molecular weight excluding hydrogens is 378 g/mol. The molecule has 0 radical (unpaired) electrons. The van der Waals surface area contributed by atoms with E-state index in [0.29, 0.717) is 11.8 Å². The molecule has 0 amide bonds. The first kappa shape index (κ1) is 25.4. The molecule has 0 aromatic rings. The maximum absolute atomic E-state index is 10.3. The molecule has 2 aliphatic carbocycles. The minimum atomic E-state index is -1.49. The van der Waals surface area contributed by atoms with Gasteiger partial charge in [0.25, 0.3) is 0 Å². The molecule has 1 unspecified atom stereocenters. The fourth-order valence-electron chi connectivity index (χ4n) is 7.35. The third-order valence-electron chi connectivity index (χ3n) is 8.64. The van der Waals surface area contributed by atoms with Crippen LogP contribution in [0, 0.1) is 34.0 Å². The van der Waals surface area contributed by atoms with Crippen LogP contribution in [-0.2, 0) is 0 Å². The van der Waals surface area contributed by atoms with Crippen molar-refractivity contribution in [2.75, 3.05) is 0 Å². The number of nitriles is 1. The molecule has 0 fully saturated rings. The van der Waals surface area contributed by atoms with Crippen molar-refractivity contribution < 1.29 is 0 Å². The average molecular weight is 428 g/mol. The third kappa shape index (κ3) is 4.67. The topological polar surface area (TPSA) is 23.8 Å². The summed E-state index contributed by atoms with van der Waals surface area (Å²) in [6.45, 7) is 20.9. The van der Waals surface area contributed by atoms with E-state index < -0.39 is 8.07 Å². The van der Waals surface area contributed by atoms with Gasteiger partial charge in [-0.05, 0) is 42.2 Å². The predicted octanol–water partition coefficient (Wildman–Crippen LogP) is 9.30. The second-order valence-corrected chi connectivity index (χ2v) is 16.5. The van der Waals surface area contributed by atoms with Gasteiger partial charge in [-0.1, -0.05) is 110 Å². The summed E-state index contributed by atoms with van der Waals surface area (Å²) < 4.78 is 0. The van der Waals surface area contributed by atoms with Crippen molar-refractivity contribution in [3.8, 4) is 6.07 Å².